The summed E-state index contributed by atoms with van der Waals surface area (Å²) in [5.74, 6) is 0.733. The highest BCUT2D eigenvalue weighted by atomic mass is 79.9. The molecule has 21 heavy (non-hydrogen) atoms. The predicted molar refractivity (Wildman–Crippen MR) is 84.6 cm³/mol. The third-order valence-corrected chi connectivity index (χ3v) is 3.82. The molecule has 1 aromatic carbocycles. The van der Waals surface area contributed by atoms with Crippen molar-refractivity contribution in [2.24, 2.45) is 4.99 Å². The van der Waals surface area contributed by atoms with Crippen molar-refractivity contribution in [2.45, 2.75) is 26.5 Å². The number of halogens is 1. The Balaban J connectivity index is 2.30. The van der Waals surface area contributed by atoms with Gasteiger partial charge in [0.1, 0.15) is 11.5 Å². The number of pyridine rings is 1. The molecule has 0 bridgehead atoms. The maximum absolute atomic E-state index is 12.2. The molecule has 108 valence electrons. The van der Waals surface area contributed by atoms with E-state index < -0.39 is 5.72 Å². The Morgan fingerprint density at radius 3 is 2.76 bits per heavy atom. The molecule has 1 aromatic heterocycles. The minimum Gasteiger partial charge on any atom is -0.618 e. The molecule has 5 heteroatoms. The molecule has 3 rings (SSSR count). The lowest BCUT2D eigenvalue weighted by molar-refractivity contribution is -0.607. The zero-order valence-corrected chi connectivity index (χ0v) is 13.6. The lowest BCUT2D eigenvalue weighted by Gasteiger charge is -2.29. The van der Waals surface area contributed by atoms with Crippen LogP contribution in [0.5, 0.6) is 5.75 Å². The number of rotatable bonds is 1. The maximum Gasteiger partial charge on any atom is 0.245 e. The first-order valence-corrected chi connectivity index (χ1v) is 7.45. The topological polar surface area (TPSA) is 48.5 Å². The minimum absolute atomic E-state index is 0.563. The SMILES string of the molecule is Cc1ccc[n+]([O-])c1C1=NC(C)(C)Oc2ccc(Br)cc21. The Hall–Kier alpha value is -1.88. The molecule has 0 radical (unpaired) electrons. The third kappa shape index (κ3) is 2.53. The van der Waals surface area contributed by atoms with Crippen molar-refractivity contribution >= 4 is 21.6 Å². The van der Waals surface area contributed by atoms with Gasteiger partial charge in [-0.2, -0.15) is 4.73 Å². The molecule has 0 N–H and O–H groups in total. The molecule has 2 heterocycles. The molecule has 0 atom stereocenters. The summed E-state index contributed by atoms with van der Waals surface area (Å²) in [6.45, 7) is 5.67. The van der Waals surface area contributed by atoms with Crippen LogP contribution in [-0.2, 0) is 0 Å². The lowest BCUT2D eigenvalue weighted by Crippen LogP contribution is -2.40. The zero-order chi connectivity index (χ0) is 15.2. The fourth-order valence-corrected chi connectivity index (χ4v) is 2.82. The molecule has 1 aliphatic rings. The number of aryl methyl sites for hydroxylation is 1. The predicted octanol–water partition coefficient (Wildman–Crippen LogP) is 3.36. The summed E-state index contributed by atoms with van der Waals surface area (Å²) in [5, 5.41) is 12.2. The van der Waals surface area contributed by atoms with Crippen molar-refractivity contribution in [1.82, 2.24) is 0 Å². The fourth-order valence-electron chi connectivity index (χ4n) is 2.46. The van der Waals surface area contributed by atoms with Gasteiger partial charge in [0.15, 0.2) is 11.9 Å². The van der Waals surface area contributed by atoms with Gasteiger partial charge < -0.3 is 9.94 Å². The van der Waals surface area contributed by atoms with Crippen molar-refractivity contribution in [3.8, 4) is 5.75 Å². The molecule has 0 unspecified atom stereocenters. The van der Waals surface area contributed by atoms with Gasteiger partial charge in [-0.25, -0.2) is 4.99 Å². The van der Waals surface area contributed by atoms with Gasteiger partial charge in [-0.15, -0.1) is 0 Å². The van der Waals surface area contributed by atoms with E-state index in [2.05, 4.69) is 20.9 Å². The Bertz CT molecular complexity index is 734. The van der Waals surface area contributed by atoms with E-state index in [0.29, 0.717) is 11.4 Å². The van der Waals surface area contributed by atoms with Gasteiger partial charge in [-0.05, 0) is 45.0 Å². The second kappa shape index (κ2) is 4.84. The fraction of sp³-hybridized carbons (Fsp3) is 0.250. The van der Waals surface area contributed by atoms with Gasteiger partial charge in [-0.3, -0.25) is 0 Å². The highest BCUT2D eigenvalue weighted by Crippen LogP contribution is 2.34. The summed E-state index contributed by atoms with van der Waals surface area (Å²) in [6.07, 6.45) is 1.49. The van der Waals surface area contributed by atoms with Crippen LogP contribution in [0.4, 0.5) is 0 Å². The van der Waals surface area contributed by atoms with Crippen molar-refractivity contribution < 1.29 is 9.47 Å². The highest BCUT2D eigenvalue weighted by Gasteiger charge is 2.32. The van der Waals surface area contributed by atoms with E-state index in [1.54, 1.807) is 6.07 Å². The smallest absolute Gasteiger partial charge is 0.245 e. The summed E-state index contributed by atoms with van der Waals surface area (Å²) in [5.41, 5.74) is 2.23. The molecule has 2 aromatic rings. The van der Waals surface area contributed by atoms with Gasteiger partial charge >= 0.3 is 0 Å². The number of hydrogen-bond donors (Lipinski definition) is 0. The number of fused-ring (bicyclic) bond motifs is 1. The van der Waals surface area contributed by atoms with E-state index in [4.69, 9.17) is 4.74 Å². The normalized spacial score (nSPS) is 15.9. The van der Waals surface area contributed by atoms with E-state index in [1.807, 2.05) is 45.0 Å². The summed E-state index contributed by atoms with van der Waals surface area (Å²) in [4.78, 5) is 4.64. The van der Waals surface area contributed by atoms with E-state index >= 15 is 0 Å². The first-order chi connectivity index (χ1) is 9.87. The maximum atomic E-state index is 12.2. The van der Waals surface area contributed by atoms with E-state index in [9.17, 15) is 5.21 Å². The molecular weight excluding hydrogens is 332 g/mol. The quantitative estimate of drug-likeness (QED) is 0.587. The van der Waals surface area contributed by atoms with Crippen LogP contribution in [0.1, 0.15) is 30.7 Å². The Labute approximate surface area is 131 Å². The third-order valence-electron chi connectivity index (χ3n) is 3.32. The molecule has 0 saturated heterocycles. The monoisotopic (exact) mass is 346 g/mol. The standard InChI is InChI=1S/C16H15BrN2O2/c1-10-5-4-8-19(20)15(10)14-12-9-11(17)6-7-13(12)21-16(2,3)18-14/h4-9H,1-3H3. The second-order valence-corrected chi connectivity index (χ2v) is 6.43. The van der Waals surface area contributed by atoms with Gasteiger partial charge in [-0.1, -0.05) is 15.9 Å². The molecule has 0 aliphatic carbocycles. The Morgan fingerprint density at radius 2 is 2.05 bits per heavy atom. The van der Waals surface area contributed by atoms with Crippen LogP contribution < -0.4 is 9.47 Å². The molecule has 1 aliphatic heterocycles. The summed E-state index contributed by atoms with van der Waals surface area (Å²) in [6, 6.07) is 9.38. The van der Waals surface area contributed by atoms with Crippen LogP contribution in [0.25, 0.3) is 0 Å². The average Bonchev–Trinajstić information content (AvgIpc) is 2.38. The summed E-state index contributed by atoms with van der Waals surface area (Å²) >= 11 is 3.46. The number of nitrogens with zero attached hydrogens (tertiary/aromatic N) is 2. The van der Waals surface area contributed by atoms with Crippen molar-refractivity contribution in [2.75, 3.05) is 0 Å². The number of ether oxygens (including phenoxy) is 1. The highest BCUT2D eigenvalue weighted by molar-refractivity contribution is 9.10. The summed E-state index contributed by atoms with van der Waals surface area (Å²) < 4.78 is 7.67. The van der Waals surface area contributed by atoms with Gasteiger partial charge in [0.2, 0.25) is 5.69 Å². The largest absolute Gasteiger partial charge is 0.618 e. The first-order valence-electron chi connectivity index (χ1n) is 6.65. The molecule has 0 spiro atoms. The van der Waals surface area contributed by atoms with Crippen LogP contribution >= 0.6 is 15.9 Å². The van der Waals surface area contributed by atoms with Crippen LogP contribution in [0, 0.1) is 12.1 Å². The Morgan fingerprint density at radius 1 is 1.29 bits per heavy atom. The average molecular weight is 347 g/mol. The van der Waals surface area contributed by atoms with E-state index in [-0.39, 0.29) is 0 Å². The van der Waals surface area contributed by atoms with Crippen LogP contribution in [0.3, 0.4) is 0 Å². The number of aromatic nitrogens is 1. The van der Waals surface area contributed by atoms with Crippen LogP contribution in [-0.4, -0.2) is 11.4 Å². The second-order valence-electron chi connectivity index (χ2n) is 5.52. The molecule has 4 nitrogen and oxygen atoms in total. The molecule has 0 fully saturated rings. The first kappa shape index (κ1) is 14.1. The molecule has 0 amide bonds. The van der Waals surface area contributed by atoms with Gasteiger partial charge in [0.25, 0.3) is 0 Å². The van der Waals surface area contributed by atoms with Crippen LogP contribution in [0.2, 0.25) is 0 Å². The zero-order valence-electron chi connectivity index (χ0n) is 12.1. The van der Waals surface area contributed by atoms with E-state index in [0.717, 1.165) is 26.1 Å². The number of hydrogen-bond acceptors (Lipinski definition) is 3. The number of aliphatic imine (C=N–C) groups is 1. The number of benzene rings is 1. The van der Waals surface area contributed by atoms with E-state index in [1.165, 1.54) is 6.20 Å². The molecular formula is C16H15BrN2O2. The van der Waals surface area contributed by atoms with Gasteiger partial charge in [0.05, 0.1) is 5.56 Å². The summed E-state index contributed by atoms with van der Waals surface area (Å²) in [7, 11) is 0. The molecule has 0 saturated carbocycles. The van der Waals surface area contributed by atoms with Crippen molar-refractivity contribution in [3.63, 3.8) is 0 Å². The minimum atomic E-state index is -0.703. The van der Waals surface area contributed by atoms with Crippen LogP contribution in [0.15, 0.2) is 46.0 Å². The van der Waals surface area contributed by atoms with Crippen molar-refractivity contribution in [3.05, 3.63) is 63.0 Å². The van der Waals surface area contributed by atoms with Crippen molar-refractivity contribution in [1.29, 1.82) is 0 Å². The van der Waals surface area contributed by atoms with Gasteiger partial charge in [0, 0.05) is 16.1 Å². The Kier molecular flexibility index (Phi) is 3.24. The lowest BCUT2D eigenvalue weighted by atomic mass is 10.00.